The van der Waals surface area contributed by atoms with Crippen LogP contribution in [0, 0.1) is 0 Å². The number of benzene rings is 1. The summed E-state index contributed by atoms with van der Waals surface area (Å²) in [6.45, 7) is 4.25. The van der Waals surface area contributed by atoms with Gasteiger partial charge < -0.3 is 10.2 Å². The zero-order valence-corrected chi connectivity index (χ0v) is 11.1. The summed E-state index contributed by atoms with van der Waals surface area (Å²) in [6, 6.07) is 14.4. The molecule has 0 spiro atoms. The number of furan rings is 1. The lowest BCUT2D eigenvalue weighted by Gasteiger charge is -2.21. The predicted molar refractivity (Wildman–Crippen MR) is 74.5 cm³/mol. The summed E-state index contributed by atoms with van der Waals surface area (Å²) in [4.78, 5) is 0. The molecule has 0 saturated carbocycles. The zero-order valence-electron chi connectivity index (χ0n) is 11.1. The number of hydrogen-bond acceptors (Lipinski definition) is 2. The van der Waals surface area contributed by atoms with Crippen LogP contribution in [0.5, 0.6) is 0 Å². The first kappa shape index (κ1) is 12.9. The Kier molecular flexibility index (Phi) is 4.21. The van der Waals surface area contributed by atoms with E-state index >= 15 is 0 Å². The quantitative estimate of drug-likeness (QED) is 0.861. The molecule has 0 aliphatic rings. The zero-order chi connectivity index (χ0) is 13.0. The Hall–Kier alpha value is -1.54. The molecular formula is C16H21NO. The molecule has 0 radical (unpaired) electrons. The Balaban J connectivity index is 2.22. The van der Waals surface area contributed by atoms with E-state index in [1.807, 2.05) is 18.2 Å². The number of hydrogen-bond donors (Lipinski definition) is 1. The molecule has 18 heavy (non-hydrogen) atoms. The standard InChI is InChI=1S/C16H21NO/c1-3-13-10-11-15(18-13)16(17)14(4-2)12-8-6-5-7-9-12/h5-11,14,16H,3-4,17H2,1-2H3. The minimum absolute atomic E-state index is 0.0716. The SMILES string of the molecule is CCc1ccc(C(N)C(CC)c2ccccc2)o1. The van der Waals surface area contributed by atoms with Crippen LogP contribution < -0.4 is 5.73 Å². The number of nitrogens with two attached hydrogens (primary N) is 1. The van der Waals surface area contributed by atoms with E-state index in [-0.39, 0.29) is 6.04 Å². The average Bonchev–Trinajstić information content (AvgIpc) is 2.89. The average molecular weight is 243 g/mol. The molecule has 96 valence electrons. The van der Waals surface area contributed by atoms with Gasteiger partial charge >= 0.3 is 0 Å². The topological polar surface area (TPSA) is 39.2 Å². The molecule has 0 saturated heterocycles. The highest BCUT2D eigenvalue weighted by molar-refractivity contribution is 5.24. The molecule has 1 aromatic heterocycles. The second-order valence-electron chi connectivity index (χ2n) is 4.61. The van der Waals surface area contributed by atoms with Crippen LogP contribution in [0.4, 0.5) is 0 Å². The Labute approximate surface area is 109 Å². The van der Waals surface area contributed by atoms with Crippen molar-refractivity contribution in [2.24, 2.45) is 5.73 Å². The van der Waals surface area contributed by atoms with Crippen molar-refractivity contribution in [2.75, 3.05) is 0 Å². The van der Waals surface area contributed by atoms with E-state index in [1.54, 1.807) is 0 Å². The lowest BCUT2D eigenvalue weighted by Crippen LogP contribution is -2.18. The summed E-state index contributed by atoms with van der Waals surface area (Å²) in [7, 11) is 0. The van der Waals surface area contributed by atoms with Gasteiger partial charge in [0.2, 0.25) is 0 Å². The summed E-state index contributed by atoms with van der Waals surface area (Å²) < 4.78 is 5.77. The minimum atomic E-state index is -0.0716. The van der Waals surface area contributed by atoms with Crippen LogP contribution in [0.3, 0.4) is 0 Å². The third-order valence-electron chi connectivity index (χ3n) is 3.46. The second kappa shape index (κ2) is 5.87. The highest BCUT2D eigenvalue weighted by Gasteiger charge is 2.22. The van der Waals surface area contributed by atoms with E-state index in [2.05, 4.69) is 38.1 Å². The summed E-state index contributed by atoms with van der Waals surface area (Å²) in [5.41, 5.74) is 7.64. The molecule has 0 aliphatic carbocycles. The van der Waals surface area contributed by atoms with Gasteiger partial charge in [0.1, 0.15) is 11.5 Å². The lowest BCUT2D eigenvalue weighted by atomic mass is 9.88. The molecule has 0 aliphatic heterocycles. The fraction of sp³-hybridized carbons (Fsp3) is 0.375. The minimum Gasteiger partial charge on any atom is -0.464 e. The second-order valence-corrected chi connectivity index (χ2v) is 4.61. The maximum atomic E-state index is 6.36. The van der Waals surface area contributed by atoms with Crippen molar-refractivity contribution in [3.8, 4) is 0 Å². The predicted octanol–water partition coefficient (Wildman–Crippen LogP) is 4.04. The van der Waals surface area contributed by atoms with Crippen LogP contribution in [0.2, 0.25) is 0 Å². The Morgan fingerprint density at radius 1 is 1.06 bits per heavy atom. The van der Waals surface area contributed by atoms with Crippen molar-refractivity contribution in [3.63, 3.8) is 0 Å². The highest BCUT2D eigenvalue weighted by atomic mass is 16.3. The maximum absolute atomic E-state index is 6.36. The van der Waals surface area contributed by atoms with Gasteiger partial charge in [-0.2, -0.15) is 0 Å². The molecule has 1 heterocycles. The van der Waals surface area contributed by atoms with Gasteiger partial charge in [-0.25, -0.2) is 0 Å². The van der Waals surface area contributed by atoms with Gasteiger partial charge in [0.05, 0.1) is 6.04 Å². The smallest absolute Gasteiger partial charge is 0.121 e. The van der Waals surface area contributed by atoms with Crippen LogP contribution >= 0.6 is 0 Å². The van der Waals surface area contributed by atoms with Gasteiger partial charge in [-0.05, 0) is 24.1 Å². The van der Waals surface area contributed by atoms with E-state index in [4.69, 9.17) is 10.2 Å². The molecule has 2 nitrogen and oxygen atoms in total. The molecule has 2 atom stereocenters. The van der Waals surface area contributed by atoms with Gasteiger partial charge in [0.15, 0.2) is 0 Å². The van der Waals surface area contributed by atoms with E-state index < -0.39 is 0 Å². The van der Waals surface area contributed by atoms with Gasteiger partial charge in [-0.3, -0.25) is 0 Å². The molecule has 0 amide bonds. The molecule has 2 unspecified atom stereocenters. The Morgan fingerprint density at radius 3 is 2.33 bits per heavy atom. The molecule has 2 heteroatoms. The Morgan fingerprint density at radius 2 is 1.78 bits per heavy atom. The highest BCUT2D eigenvalue weighted by Crippen LogP contribution is 2.32. The van der Waals surface area contributed by atoms with E-state index in [0.717, 1.165) is 24.4 Å². The van der Waals surface area contributed by atoms with Gasteiger partial charge in [0, 0.05) is 12.3 Å². The van der Waals surface area contributed by atoms with Gasteiger partial charge in [-0.1, -0.05) is 44.2 Å². The maximum Gasteiger partial charge on any atom is 0.121 e. The van der Waals surface area contributed by atoms with Crippen LogP contribution in [0.25, 0.3) is 0 Å². The van der Waals surface area contributed by atoms with Crippen LogP contribution in [0.15, 0.2) is 46.9 Å². The summed E-state index contributed by atoms with van der Waals surface area (Å²) in [5, 5.41) is 0. The van der Waals surface area contributed by atoms with Crippen molar-refractivity contribution in [3.05, 3.63) is 59.5 Å². The van der Waals surface area contributed by atoms with Crippen molar-refractivity contribution < 1.29 is 4.42 Å². The first-order valence-electron chi connectivity index (χ1n) is 6.65. The molecule has 1 aromatic carbocycles. The van der Waals surface area contributed by atoms with Crippen LogP contribution in [0.1, 0.15) is 49.3 Å². The molecule has 2 N–H and O–H groups in total. The van der Waals surface area contributed by atoms with Crippen LogP contribution in [-0.4, -0.2) is 0 Å². The number of rotatable bonds is 5. The van der Waals surface area contributed by atoms with E-state index in [1.165, 1.54) is 5.56 Å². The monoisotopic (exact) mass is 243 g/mol. The van der Waals surface area contributed by atoms with Gasteiger partial charge in [0.25, 0.3) is 0 Å². The normalized spacial score (nSPS) is 14.4. The van der Waals surface area contributed by atoms with E-state index in [0.29, 0.717) is 5.92 Å². The summed E-state index contributed by atoms with van der Waals surface area (Å²) in [5.74, 6) is 2.20. The fourth-order valence-corrected chi connectivity index (χ4v) is 2.36. The first-order valence-corrected chi connectivity index (χ1v) is 6.65. The number of aryl methyl sites for hydroxylation is 1. The third-order valence-corrected chi connectivity index (χ3v) is 3.46. The molecule has 2 rings (SSSR count). The largest absolute Gasteiger partial charge is 0.464 e. The third kappa shape index (κ3) is 2.65. The lowest BCUT2D eigenvalue weighted by molar-refractivity contribution is 0.399. The van der Waals surface area contributed by atoms with Crippen molar-refractivity contribution in [1.29, 1.82) is 0 Å². The first-order chi connectivity index (χ1) is 8.76. The molecule has 0 fully saturated rings. The van der Waals surface area contributed by atoms with Crippen molar-refractivity contribution in [1.82, 2.24) is 0 Å². The molecular weight excluding hydrogens is 222 g/mol. The van der Waals surface area contributed by atoms with Crippen molar-refractivity contribution in [2.45, 2.75) is 38.6 Å². The molecule has 0 bridgehead atoms. The van der Waals surface area contributed by atoms with E-state index in [9.17, 15) is 0 Å². The summed E-state index contributed by atoms with van der Waals surface area (Å²) in [6.07, 6.45) is 1.92. The molecule has 2 aromatic rings. The summed E-state index contributed by atoms with van der Waals surface area (Å²) >= 11 is 0. The Bertz CT molecular complexity index is 475. The van der Waals surface area contributed by atoms with Crippen molar-refractivity contribution >= 4 is 0 Å². The fourth-order valence-electron chi connectivity index (χ4n) is 2.36. The van der Waals surface area contributed by atoms with Crippen LogP contribution in [-0.2, 0) is 6.42 Å². The van der Waals surface area contributed by atoms with Gasteiger partial charge in [-0.15, -0.1) is 0 Å².